The summed E-state index contributed by atoms with van der Waals surface area (Å²) in [6.07, 6.45) is 0.437. The van der Waals surface area contributed by atoms with Gasteiger partial charge >= 0.3 is 0 Å². The topological polar surface area (TPSA) is 78.7 Å². The van der Waals surface area contributed by atoms with Crippen LogP contribution in [0.2, 0.25) is 0 Å². The number of aromatic nitrogens is 3. The first kappa shape index (κ1) is 15.9. The molecular weight excluding hydrogens is 324 g/mol. The van der Waals surface area contributed by atoms with Crippen LogP contribution < -0.4 is 9.47 Å². The van der Waals surface area contributed by atoms with Crippen molar-refractivity contribution in [3.05, 3.63) is 29.8 Å². The molecule has 2 aliphatic rings. The molecule has 132 valence electrons. The first-order chi connectivity index (χ1) is 12.2. The van der Waals surface area contributed by atoms with Gasteiger partial charge in [0.15, 0.2) is 11.5 Å². The Morgan fingerprint density at radius 1 is 1.32 bits per heavy atom. The van der Waals surface area contributed by atoms with Crippen LogP contribution in [0.25, 0.3) is 5.69 Å². The van der Waals surface area contributed by atoms with E-state index in [1.807, 2.05) is 30.0 Å². The molecule has 25 heavy (non-hydrogen) atoms. The molecule has 3 heterocycles. The van der Waals surface area contributed by atoms with Gasteiger partial charge in [0.1, 0.15) is 11.6 Å². The summed E-state index contributed by atoms with van der Waals surface area (Å²) in [7, 11) is 1.64. The van der Waals surface area contributed by atoms with Gasteiger partial charge in [-0.3, -0.25) is 4.79 Å². The molecule has 0 saturated carbocycles. The highest BCUT2D eigenvalue weighted by Gasteiger charge is 2.34. The lowest BCUT2D eigenvalue weighted by Gasteiger charge is -2.16. The van der Waals surface area contributed by atoms with E-state index in [1.165, 1.54) is 0 Å². The van der Waals surface area contributed by atoms with Gasteiger partial charge in [0.05, 0.1) is 12.3 Å². The van der Waals surface area contributed by atoms with E-state index < -0.39 is 0 Å². The van der Waals surface area contributed by atoms with Gasteiger partial charge in [-0.05, 0) is 19.1 Å². The van der Waals surface area contributed by atoms with E-state index in [2.05, 4.69) is 10.1 Å². The Morgan fingerprint density at radius 2 is 2.16 bits per heavy atom. The molecule has 2 aromatic rings. The molecule has 1 aromatic heterocycles. The molecule has 1 unspecified atom stereocenters. The lowest BCUT2D eigenvalue weighted by Crippen LogP contribution is -2.28. The fraction of sp³-hybridized carbons (Fsp3) is 0.471. The molecule has 1 fully saturated rings. The SMILES string of the molecule is COCCN1CC(c2nc(C)nn2-c2ccc3c(c2)OCO3)CC1=O. The largest absolute Gasteiger partial charge is 0.454 e. The summed E-state index contributed by atoms with van der Waals surface area (Å²) in [5.74, 6) is 3.03. The Hall–Kier alpha value is -2.61. The molecule has 1 atom stereocenters. The smallest absolute Gasteiger partial charge is 0.231 e. The third kappa shape index (κ3) is 2.93. The van der Waals surface area contributed by atoms with E-state index >= 15 is 0 Å². The van der Waals surface area contributed by atoms with Crippen LogP contribution >= 0.6 is 0 Å². The number of aryl methyl sites for hydroxylation is 1. The molecule has 1 saturated heterocycles. The number of nitrogens with zero attached hydrogens (tertiary/aromatic N) is 4. The van der Waals surface area contributed by atoms with Gasteiger partial charge in [-0.25, -0.2) is 9.67 Å². The number of fused-ring (bicyclic) bond motifs is 1. The second kappa shape index (κ2) is 6.36. The van der Waals surface area contributed by atoms with Crippen molar-refractivity contribution in [1.82, 2.24) is 19.7 Å². The fourth-order valence-electron chi connectivity index (χ4n) is 3.27. The monoisotopic (exact) mass is 344 g/mol. The first-order valence-electron chi connectivity index (χ1n) is 8.26. The van der Waals surface area contributed by atoms with Gasteiger partial charge in [0.25, 0.3) is 0 Å². The third-order valence-electron chi connectivity index (χ3n) is 4.48. The number of ether oxygens (including phenoxy) is 3. The van der Waals surface area contributed by atoms with Crippen molar-refractivity contribution in [3.8, 4) is 17.2 Å². The summed E-state index contributed by atoms with van der Waals surface area (Å²) >= 11 is 0. The van der Waals surface area contributed by atoms with Crippen LogP contribution in [0, 0.1) is 6.92 Å². The van der Waals surface area contributed by atoms with Crippen LogP contribution in [0.3, 0.4) is 0 Å². The number of carbonyl (C=O) groups excluding carboxylic acids is 1. The Kier molecular flexibility index (Phi) is 4.04. The average molecular weight is 344 g/mol. The number of rotatable bonds is 5. The number of methoxy groups -OCH3 is 1. The van der Waals surface area contributed by atoms with Crippen LogP contribution in [0.1, 0.15) is 24.0 Å². The highest BCUT2D eigenvalue weighted by atomic mass is 16.7. The molecule has 0 spiro atoms. The van der Waals surface area contributed by atoms with Crippen molar-refractivity contribution in [2.45, 2.75) is 19.3 Å². The molecule has 8 heteroatoms. The molecule has 4 rings (SSSR count). The third-order valence-corrected chi connectivity index (χ3v) is 4.48. The minimum absolute atomic E-state index is 0.0102. The van der Waals surface area contributed by atoms with E-state index in [4.69, 9.17) is 14.2 Å². The summed E-state index contributed by atoms with van der Waals surface area (Å²) < 4.78 is 17.7. The average Bonchev–Trinajstić information content (AvgIpc) is 3.30. The minimum atomic E-state index is 0.0102. The molecule has 2 aliphatic heterocycles. The van der Waals surface area contributed by atoms with E-state index in [0.717, 1.165) is 17.3 Å². The number of carbonyl (C=O) groups is 1. The van der Waals surface area contributed by atoms with Gasteiger partial charge in [-0.15, -0.1) is 0 Å². The Balaban J connectivity index is 1.63. The van der Waals surface area contributed by atoms with Gasteiger partial charge in [0, 0.05) is 38.6 Å². The van der Waals surface area contributed by atoms with Crippen molar-refractivity contribution in [2.24, 2.45) is 0 Å². The molecule has 0 aliphatic carbocycles. The van der Waals surface area contributed by atoms with Crippen LogP contribution in [-0.4, -0.2) is 59.2 Å². The number of benzene rings is 1. The van der Waals surface area contributed by atoms with Crippen molar-refractivity contribution in [1.29, 1.82) is 0 Å². The van der Waals surface area contributed by atoms with E-state index in [1.54, 1.807) is 11.8 Å². The number of amides is 1. The summed E-state index contributed by atoms with van der Waals surface area (Å²) in [5, 5.41) is 4.52. The maximum absolute atomic E-state index is 12.2. The molecular formula is C17H20N4O4. The molecule has 0 radical (unpaired) electrons. The Morgan fingerprint density at radius 3 is 3.00 bits per heavy atom. The van der Waals surface area contributed by atoms with Crippen LogP contribution in [-0.2, 0) is 9.53 Å². The van der Waals surface area contributed by atoms with Gasteiger partial charge in [0.2, 0.25) is 12.7 Å². The second-order valence-corrected chi connectivity index (χ2v) is 6.20. The lowest BCUT2D eigenvalue weighted by molar-refractivity contribution is -0.128. The standard InChI is InChI=1S/C17H20N4O4/c1-11-18-17(12-7-16(22)20(9-12)5-6-23-2)21(19-11)13-3-4-14-15(8-13)25-10-24-14/h3-4,8,12H,5-7,9-10H2,1-2H3. The number of hydrogen-bond donors (Lipinski definition) is 0. The minimum Gasteiger partial charge on any atom is -0.454 e. The summed E-state index contributed by atoms with van der Waals surface area (Å²) in [5.41, 5.74) is 0.850. The molecule has 1 aromatic carbocycles. The summed E-state index contributed by atoms with van der Waals surface area (Å²) in [6, 6.07) is 5.67. The van der Waals surface area contributed by atoms with Gasteiger partial charge in [-0.2, -0.15) is 5.10 Å². The fourth-order valence-corrected chi connectivity index (χ4v) is 3.27. The predicted molar refractivity (Wildman–Crippen MR) is 88.0 cm³/mol. The Bertz CT molecular complexity index is 804. The van der Waals surface area contributed by atoms with Crippen molar-refractivity contribution in [3.63, 3.8) is 0 Å². The first-order valence-corrected chi connectivity index (χ1v) is 8.26. The lowest BCUT2D eigenvalue weighted by atomic mass is 10.1. The zero-order valence-electron chi connectivity index (χ0n) is 14.3. The normalized spacial score (nSPS) is 19.0. The van der Waals surface area contributed by atoms with E-state index in [0.29, 0.717) is 37.7 Å². The quantitative estimate of drug-likeness (QED) is 0.813. The van der Waals surface area contributed by atoms with Crippen molar-refractivity contribution < 1.29 is 19.0 Å². The zero-order chi connectivity index (χ0) is 17.4. The maximum atomic E-state index is 12.2. The van der Waals surface area contributed by atoms with E-state index in [-0.39, 0.29) is 18.6 Å². The van der Waals surface area contributed by atoms with Crippen LogP contribution in [0.5, 0.6) is 11.5 Å². The maximum Gasteiger partial charge on any atom is 0.231 e. The second-order valence-electron chi connectivity index (χ2n) is 6.20. The summed E-state index contributed by atoms with van der Waals surface area (Å²) in [4.78, 5) is 18.7. The zero-order valence-corrected chi connectivity index (χ0v) is 14.3. The molecule has 1 amide bonds. The highest BCUT2D eigenvalue weighted by molar-refractivity contribution is 5.79. The predicted octanol–water partition coefficient (Wildman–Crippen LogP) is 1.27. The molecule has 0 bridgehead atoms. The van der Waals surface area contributed by atoms with E-state index in [9.17, 15) is 4.79 Å². The van der Waals surface area contributed by atoms with Crippen LogP contribution in [0.15, 0.2) is 18.2 Å². The number of hydrogen-bond acceptors (Lipinski definition) is 6. The molecule has 8 nitrogen and oxygen atoms in total. The van der Waals surface area contributed by atoms with Gasteiger partial charge < -0.3 is 19.1 Å². The van der Waals surface area contributed by atoms with Crippen molar-refractivity contribution in [2.75, 3.05) is 33.6 Å². The highest BCUT2D eigenvalue weighted by Crippen LogP contribution is 2.35. The molecule has 0 N–H and O–H groups in total. The van der Waals surface area contributed by atoms with Gasteiger partial charge in [-0.1, -0.05) is 0 Å². The van der Waals surface area contributed by atoms with Crippen LogP contribution in [0.4, 0.5) is 0 Å². The Labute approximate surface area is 145 Å². The summed E-state index contributed by atoms with van der Waals surface area (Å²) in [6.45, 7) is 3.85. The number of likely N-dealkylation sites (tertiary alicyclic amines) is 1. The van der Waals surface area contributed by atoms with Crippen molar-refractivity contribution >= 4 is 5.91 Å².